The molecule has 3 aromatic rings. The van der Waals surface area contributed by atoms with E-state index in [0.717, 1.165) is 24.2 Å². The molecule has 3 N–H and O–H groups in total. The smallest absolute Gasteiger partial charge is 0.409 e. The van der Waals surface area contributed by atoms with Crippen molar-refractivity contribution in [3.8, 4) is 0 Å². The van der Waals surface area contributed by atoms with E-state index in [1.807, 2.05) is 42.5 Å². The molecule has 2 unspecified atom stereocenters. The van der Waals surface area contributed by atoms with Crippen LogP contribution in [0.1, 0.15) is 22.3 Å². The molecule has 5 heterocycles. The molecule has 5 aliphatic heterocycles. The van der Waals surface area contributed by atoms with Gasteiger partial charge in [0.15, 0.2) is 0 Å². The molecule has 6 bridgehead atoms. The molecular formula is C32H42B2N2O8. The van der Waals surface area contributed by atoms with Crippen molar-refractivity contribution in [3.05, 3.63) is 95.1 Å². The summed E-state index contributed by atoms with van der Waals surface area (Å²) >= 11 is 0. The van der Waals surface area contributed by atoms with Crippen molar-refractivity contribution in [1.29, 1.82) is 0 Å². The summed E-state index contributed by atoms with van der Waals surface area (Å²) in [5.74, 6) is 0. The topological polar surface area (TPSA) is 107 Å². The Bertz CT molecular complexity index is 1460. The van der Waals surface area contributed by atoms with Crippen molar-refractivity contribution >= 4 is 24.4 Å². The van der Waals surface area contributed by atoms with E-state index in [4.69, 9.17) is 23.4 Å². The Labute approximate surface area is 258 Å². The maximum absolute atomic E-state index is 11.9. The fraction of sp³-hybridized carbons (Fsp3) is 0.438. The second-order valence-corrected chi connectivity index (χ2v) is 14.3. The van der Waals surface area contributed by atoms with Crippen molar-refractivity contribution in [2.45, 2.75) is 56.9 Å². The first-order valence-corrected chi connectivity index (χ1v) is 15.4. The predicted octanol–water partition coefficient (Wildman–Crippen LogP) is 0.446. The van der Waals surface area contributed by atoms with Gasteiger partial charge in [-0.25, -0.2) is 0 Å². The number of fused-ring (bicyclic) bond motifs is 6. The summed E-state index contributed by atoms with van der Waals surface area (Å²) in [4.78, 5) is 0. The minimum atomic E-state index is -2.99. The highest BCUT2D eigenvalue weighted by molar-refractivity contribution is 6.75. The van der Waals surface area contributed by atoms with Crippen molar-refractivity contribution in [1.82, 2.24) is 0 Å². The minimum Gasteiger partial charge on any atom is -0.555 e. The number of ether oxygens (including phenoxy) is 1. The fourth-order valence-electron chi connectivity index (χ4n) is 7.51. The van der Waals surface area contributed by atoms with Gasteiger partial charge in [-0.15, -0.1) is 10.9 Å². The van der Waals surface area contributed by atoms with E-state index in [1.54, 1.807) is 6.07 Å². The number of hydrogen-bond donors (Lipinski definition) is 3. The van der Waals surface area contributed by atoms with Crippen molar-refractivity contribution in [3.63, 3.8) is 0 Å². The average molecular weight is 604 g/mol. The van der Waals surface area contributed by atoms with Crippen LogP contribution in [-0.4, -0.2) is 103 Å². The fourth-order valence-corrected chi connectivity index (χ4v) is 7.51. The minimum absolute atomic E-state index is 0.0303. The molecule has 0 aromatic heterocycles. The van der Waals surface area contributed by atoms with Gasteiger partial charge in [0.25, 0.3) is 0 Å². The number of quaternary nitrogens is 2. The summed E-state index contributed by atoms with van der Waals surface area (Å²) in [6.45, 7) is -3.20. The third-order valence-corrected chi connectivity index (χ3v) is 9.44. The molecule has 3 aromatic carbocycles. The lowest BCUT2D eigenvalue weighted by Gasteiger charge is -2.54. The van der Waals surface area contributed by atoms with E-state index >= 15 is 0 Å². The maximum atomic E-state index is 11.9. The molecule has 0 spiro atoms. The Morgan fingerprint density at radius 3 is 1.70 bits per heavy atom. The van der Waals surface area contributed by atoms with Crippen LogP contribution in [0.5, 0.6) is 0 Å². The molecule has 44 heavy (non-hydrogen) atoms. The van der Waals surface area contributed by atoms with Crippen LogP contribution in [0.3, 0.4) is 0 Å². The Balaban J connectivity index is 1.30. The zero-order valence-electron chi connectivity index (χ0n) is 25.8. The van der Waals surface area contributed by atoms with Crippen LogP contribution >= 0.6 is 0 Å². The maximum Gasteiger partial charge on any atom is 0.409 e. The molecular weight excluding hydrogens is 562 g/mol. The van der Waals surface area contributed by atoms with Gasteiger partial charge in [0.1, 0.15) is 44.7 Å². The second kappa shape index (κ2) is 10.7. The lowest BCUT2D eigenvalue weighted by Crippen LogP contribution is -2.70. The van der Waals surface area contributed by atoms with E-state index in [9.17, 15) is 15.2 Å². The Kier molecular flexibility index (Phi) is 7.34. The molecule has 0 radical (unpaired) electrons. The van der Waals surface area contributed by atoms with Gasteiger partial charge < -0.3 is 47.5 Å². The first kappa shape index (κ1) is 30.1. The first-order valence-electron chi connectivity index (χ1n) is 15.4. The average Bonchev–Trinajstić information content (AvgIpc) is 3.31. The molecule has 10 nitrogen and oxygen atoms in total. The van der Waals surface area contributed by atoms with Crippen LogP contribution in [0.4, 0.5) is 0 Å². The monoisotopic (exact) mass is 604 g/mol. The van der Waals surface area contributed by atoms with E-state index in [-0.39, 0.29) is 6.61 Å². The van der Waals surface area contributed by atoms with E-state index < -0.39 is 44.2 Å². The van der Waals surface area contributed by atoms with Crippen LogP contribution in [-0.2, 0) is 49.5 Å². The van der Waals surface area contributed by atoms with Crippen LogP contribution < -0.4 is 10.9 Å². The second-order valence-electron chi connectivity index (χ2n) is 14.3. The molecule has 5 aliphatic rings. The summed E-state index contributed by atoms with van der Waals surface area (Å²) in [5, 5.41) is 35.3. The summed E-state index contributed by atoms with van der Waals surface area (Å²) in [6, 6.07) is 23.9. The highest BCUT2D eigenvalue weighted by atomic mass is 16.8. The zero-order chi connectivity index (χ0) is 30.9. The lowest BCUT2D eigenvalue weighted by molar-refractivity contribution is -0.917. The molecule has 0 aliphatic carbocycles. The van der Waals surface area contributed by atoms with Gasteiger partial charge in [-0.2, -0.15) is 0 Å². The normalized spacial score (nSPS) is 35.9. The number of aliphatic hydroxyl groups excluding tert-OH is 1. The van der Waals surface area contributed by atoms with Crippen LogP contribution in [0.25, 0.3) is 0 Å². The third-order valence-electron chi connectivity index (χ3n) is 9.44. The summed E-state index contributed by atoms with van der Waals surface area (Å²) in [6.07, 6.45) is -5.03. The first-order chi connectivity index (χ1) is 20.8. The number of aliphatic hydroxyl groups is 1. The molecule has 234 valence electrons. The highest BCUT2D eigenvalue weighted by Crippen LogP contribution is 2.38. The van der Waals surface area contributed by atoms with E-state index in [1.165, 1.54) is 11.1 Å². The number of nitrogens with zero attached hydrogens (tertiary/aromatic N) is 2. The Hall–Kier alpha value is -2.61. The summed E-state index contributed by atoms with van der Waals surface area (Å²) in [5.41, 5.74) is 5.23. The Morgan fingerprint density at radius 1 is 0.636 bits per heavy atom. The zero-order valence-corrected chi connectivity index (χ0v) is 25.8. The molecule has 3 saturated heterocycles. The SMILES string of the molecule is C[N+]1(C)Cc2ccc(cc2)C[N+](C)(C)Cc2ccccc2[B@@-]2(O)O[C@@H]3OC4CO[B@@-](O)(O[C@@H]4C(O)[C@H]3O2)c2ccccc2C1. The molecule has 12 heteroatoms. The molecule has 7 atom stereocenters. The predicted molar refractivity (Wildman–Crippen MR) is 165 cm³/mol. The van der Waals surface area contributed by atoms with E-state index in [2.05, 4.69) is 52.5 Å². The quantitative estimate of drug-likeness (QED) is 0.251. The lowest BCUT2D eigenvalue weighted by atomic mass is 9.65. The largest absolute Gasteiger partial charge is 0.555 e. The molecule has 0 saturated carbocycles. The van der Waals surface area contributed by atoms with Crippen LogP contribution in [0.15, 0.2) is 72.8 Å². The molecule has 0 amide bonds. The summed E-state index contributed by atoms with van der Waals surface area (Å²) in [7, 11) is 8.63. The standard InChI is InChI=1S/C32H42B2N2O8/c1-35(2)17-22-13-15-23(16-14-22)18-36(3,4)20-25-10-6-8-12-27(25)34(39)43-31-29(37)30-28(41-32(31)44-34)21-40-33(38,42-30)26-11-7-5-9-24(26)19-35/h5-16,28-32,37-39H,17-21H2,1-4H3/t28?,29?,30-,31+,32-,33+,34-/m0/s1. The van der Waals surface area contributed by atoms with Gasteiger partial charge in [0, 0.05) is 17.7 Å². The van der Waals surface area contributed by atoms with Gasteiger partial charge >= 0.3 is 13.5 Å². The van der Waals surface area contributed by atoms with Gasteiger partial charge in [-0.3, -0.25) is 0 Å². The van der Waals surface area contributed by atoms with Crippen molar-refractivity contribution in [2.75, 3.05) is 34.8 Å². The van der Waals surface area contributed by atoms with Crippen LogP contribution in [0.2, 0.25) is 0 Å². The summed E-state index contributed by atoms with van der Waals surface area (Å²) < 4.78 is 31.9. The van der Waals surface area contributed by atoms with E-state index in [0.29, 0.717) is 33.0 Å². The third kappa shape index (κ3) is 5.54. The van der Waals surface area contributed by atoms with Crippen molar-refractivity contribution < 1.29 is 47.5 Å². The van der Waals surface area contributed by atoms with Crippen molar-refractivity contribution in [2.24, 2.45) is 0 Å². The van der Waals surface area contributed by atoms with Gasteiger partial charge in [-0.1, -0.05) is 72.8 Å². The number of benzene rings is 3. The van der Waals surface area contributed by atoms with Gasteiger partial charge in [0.05, 0.1) is 40.4 Å². The molecule has 3 fully saturated rings. The molecule has 8 rings (SSSR count). The van der Waals surface area contributed by atoms with Crippen LogP contribution in [0, 0.1) is 0 Å². The number of rotatable bonds is 0. The number of hydrogen-bond acceptors (Lipinski definition) is 8. The Morgan fingerprint density at radius 2 is 1.14 bits per heavy atom. The highest BCUT2D eigenvalue weighted by Gasteiger charge is 2.56. The van der Waals surface area contributed by atoms with Gasteiger partial charge in [0.2, 0.25) is 0 Å². The van der Waals surface area contributed by atoms with Gasteiger partial charge in [-0.05, 0) is 11.1 Å².